The van der Waals surface area contributed by atoms with Gasteiger partial charge in [-0.2, -0.15) is 0 Å². The summed E-state index contributed by atoms with van der Waals surface area (Å²) < 4.78 is 6.59. The van der Waals surface area contributed by atoms with Crippen LogP contribution in [0.1, 0.15) is 36.7 Å². The summed E-state index contributed by atoms with van der Waals surface area (Å²) >= 11 is 0. The van der Waals surface area contributed by atoms with Crippen molar-refractivity contribution < 1.29 is 19.4 Å². The molecule has 0 spiro atoms. The van der Waals surface area contributed by atoms with Crippen LogP contribution in [0, 0.1) is 5.41 Å². The normalized spacial score (nSPS) is 12.1. The van der Waals surface area contributed by atoms with Gasteiger partial charge in [0.25, 0.3) is 0 Å². The Hall–Kier alpha value is -4.64. The molecule has 0 unspecified atom stereocenters. The standard InChI is InChI=1S/C33H26O5/c1-33(2,3)17-18-4-9-25(32(36)37)28(14-18)29-26-10-5-19-15-21(34)7-12-23(19)30(26)38-31-24-13-8-22(35)16-20(24)6-11-27(29)31/h4-16,34H,17H2,1-3H3,(H,36,37). The quantitative estimate of drug-likeness (QED) is 0.190. The summed E-state index contributed by atoms with van der Waals surface area (Å²) in [4.78, 5) is 24.6. The predicted octanol–water partition coefficient (Wildman–Crippen LogP) is 7.91. The van der Waals surface area contributed by atoms with E-state index in [1.807, 2.05) is 36.4 Å². The van der Waals surface area contributed by atoms with Crippen LogP contribution in [-0.4, -0.2) is 16.2 Å². The van der Waals surface area contributed by atoms with Crippen LogP contribution in [0.5, 0.6) is 5.75 Å². The first-order chi connectivity index (χ1) is 18.1. The minimum Gasteiger partial charge on any atom is -0.508 e. The Morgan fingerprint density at radius 2 is 1.37 bits per heavy atom. The van der Waals surface area contributed by atoms with E-state index in [-0.39, 0.29) is 22.2 Å². The lowest BCUT2D eigenvalue weighted by molar-refractivity contribution is 0.0697. The average molecular weight is 503 g/mol. The Kier molecular flexibility index (Phi) is 5.28. The number of carboxylic acid groups (broad SMARTS) is 1. The molecule has 6 aromatic rings. The molecule has 0 fully saturated rings. The summed E-state index contributed by atoms with van der Waals surface area (Å²) in [6, 6.07) is 23.1. The smallest absolute Gasteiger partial charge is 0.336 e. The Morgan fingerprint density at radius 1 is 0.763 bits per heavy atom. The van der Waals surface area contributed by atoms with Crippen LogP contribution in [0.4, 0.5) is 0 Å². The average Bonchev–Trinajstić information content (AvgIpc) is 2.85. The molecule has 0 saturated carbocycles. The number of rotatable bonds is 3. The molecule has 2 N–H and O–H groups in total. The van der Waals surface area contributed by atoms with Crippen LogP contribution in [-0.2, 0) is 6.42 Å². The van der Waals surface area contributed by atoms with Gasteiger partial charge in [-0.25, -0.2) is 4.79 Å². The van der Waals surface area contributed by atoms with Gasteiger partial charge in [-0.3, -0.25) is 4.79 Å². The van der Waals surface area contributed by atoms with E-state index in [1.165, 1.54) is 6.07 Å². The molecule has 5 heteroatoms. The van der Waals surface area contributed by atoms with Crippen molar-refractivity contribution in [3.8, 4) is 16.9 Å². The number of phenolic OH excluding ortho intramolecular Hbond substituents is 1. The number of aromatic hydroxyl groups is 1. The highest BCUT2D eigenvalue weighted by Crippen LogP contribution is 2.43. The maximum Gasteiger partial charge on any atom is 0.336 e. The van der Waals surface area contributed by atoms with Gasteiger partial charge in [0.15, 0.2) is 5.43 Å². The largest absolute Gasteiger partial charge is 0.508 e. The molecular weight excluding hydrogens is 476 g/mol. The van der Waals surface area contributed by atoms with Gasteiger partial charge in [0.2, 0.25) is 0 Å². The molecule has 1 aromatic heterocycles. The molecule has 0 atom stereocenters. The molecule has 0 aliphatic rings. The van der Waals surface area contributed by atoms with E-state index in [0.717, 1.165) is 49.9 Å². The summed E-state index contributed by atoms with van der Waals surface area (Å²) in [6.07, 6.45) is 0.782. The molecule has 0 radical (unpaired) electrons. The third-order valence-electron chi connectivity index (χ3n) is 6.96. The molecule has 38 heavy (non-hydrogen) atoms. The Labute approximate surface area is 218 Å². The summed E-state index contributed by atoms with van der Waals surface area (Å²) in [7, 11) is 0. The SMILES string of the molecule is CC(C)(C)Cc1ccc(C(=O)O)c(-c2c3ccc4cc(O)ccc4c3oc3c2ccc2cc(=O)ccc23)c1. The van der Waals surface area contributed by atoms with Crippen molar-refractivity contribution >= 4 is 49.5 Å². The lowest BCUT2D eigenvalue weighted by atomic mass is 9.85. The van der Waals surface area contributed by atoms with Gasteiger partial charge in [-0.1, -0.05) is 45.0 Å². The summed E-state index contributed by atoms with van der Waals surface area (Å²) in [5, 5.41) is 24.9. The molecule has 5 nitrogen and oxygen atoms in total. The summed E-state index contributed by atoms with van der Waals surface area (Å²) in [6.45, 7) is 6.46. The summed E-state index contributed by atoms with van der Waals surface area (Å²) in [5.74, 6) is -0.860. The van der Waals surface area contributed by atoms with Gasteiger partial charge in [-0.05, 0) is 88.3 Å². The molecule has 0 aliphatic carbocycles. The van der Waals surface area contributed by atoms with Crippen molar-refractivity contribution in [3.63, 3.8) is 0 Å². The van der Waals surface area contributed by atoms with E-state index in [1.54, 1.807) is 36.4 Å². The fraction of sp³-hybridized carbons (Fsp3) is 0.152. The zero-order valence-electron chi connectivity index (χ0n) is 21.3. The molecule has 0 bridgehead atoms. The number of benzene rings is 5. The highest BCUT2D eigenvalue weighted by Gasteiger charge is 2.22. The third kappa shape index (κ3) is 3.97. The van der Waals surface area contributed by atoms with Gasteiger partial charge in [-0.15, -0.1) is 0 Å². The number of carboxylic acids is 1. The van der Waals surface area contributed by atoms with Crippen LogP contribution in [0.25, 0.3) is 54.6 Å². The fourth-order valence-corrected chi connectivity index (χ4v) is 5.43. The highest BCUT2D eigenvalue weighted by molar-refractivity contribution is 6.20. The zero-order chi connectivity index (χ0) is 26.8. The van der Waals surface area contributed by atoms with Crippen molar-refractivity contribution in [1.29, 1.82) is 0 Å². The molecule has 0 aliphatic heterocycles. The zero-order valence-corrected chi connectivity index (χ0v) is 21.3. The molecule has 0 amide bonds. The van der Waals surface area contributed by atoms with Gasteiger partial charge >= 0.3 is 5.97 Å². The van der Waals surface area contributed by atoms with Crippen LogP contribution in [0.3, 0.4) is 0 Å². The van der Waals surface area contributed by atoms with Gasteiger partial charge < -0.3 is 14.6 Å². The fourth-order valence-electron chi connectivity index (χ4n) is 5.43. The van der Waals surface area contributed by atoms with E-state index in [0.29, 0.717) is 16.7 Å². The second-order valence-electron chi connectivity index (χ2n) is 11.1. The van der Waals surface area contributed by atoms with Crippen LogP contribution in [0.2, 0.25) is 0 Å². The van der Waals surface area contributed by atoms with Gasteiger partial charge in [0.05, 0.1) is 5.56 Å². The summed E-state index contributed by atoms with van der Waals surface area (Å²) in [5.41, 5.74) is 3.70. The van der Waals surface area contributed by atoms with Crippen molar-refractivity contribution in [2.45, 2.75) is 27.2 Å². The second kappa shape index (κ2) is 8.45. The number of hydrogen-bond acceptors (Lipinski definition) is 4. The number of fused-ring (bicyclic) bond motifs is 6. The van der Waals surface area contributed by atoms with E-state index in [9.17, 15) is 19.8 Å². The maximum atomic E-state index is 12.5. The Morgan fingerprint density at radius 3 is 2.00 bits per heavy atom. The van der Waals surface area contributed by atoms with Crippen molar-refractivity contribution in [3.05, 3.63) is 100 Å². The van der Waals surface area contributed by atoms with Crippen LogP contribution < -0.4 is 5.43 Å². The molecule has 0 saturated heterocycles. The number of phenols is 1. The van der Waals surface area contributed by atoms with Crippen molar-refractivity contribution in [2.75, 3.05) is 0 Å². The topological polar surface area (TPSA) is 87.7 Å². The van der Waals surface area contributed by atoms with E-state index < -0.39 is 5.97 Å². The first-order valence-electron chi connectivity index (χ1n) is 12.5. The lowest BCUT2D eigenvalue weighted by Crippen LogP contribution is -2.10. The monoisotopic (exact) mass is 502 g/mol. The van der Waals surface area contributed by atoms with Crippen molar-refractivity contribution in [2.24, 2.45) is 5.41 Å². The van der Waals surface area contributed by atoms with Crippen molar-refractivity contribution in [1.82, 2.24) is 0 Å². The van der Waals surface area contributed by atoms with E-state index >= 15 is 0 Å². The highest BCUT2D eigenvalue weighted by atomic mass is 16.4. The molecule has 5 aromatic carbocycles. The van der Waals surface area contributed by atoms with Crippen LogP contribution in [0.15, 0.2) is 88.1 Å². The van der Waals surface area contributed by atoms with Crippen LogP contribution >= 0.6 is 0 Å². The lowest BCUT2D eigenvalue weighted by Gasteiger charge is -2.20. The maximum absolute atomic E-state index is 12.5. The molecule has 188 valence electrons. The molecule has 6 rings (SSSR count). The minimum atomic E-state index is -1.01. The Balaban J connectivity index is 1.83. The molecule has 1 heterocycles. The first kappa shape index (κ1) is 23.7. The molecular formula is C33H26O5. The van der Waals surface area contributed by atoms with E-state index in [2.05, 4.69) is 20.8 Å². The third-order valence-corrected chi connectivity index (χ3v) is 6.96. The second-order valence-corrected chi connectivity index (χ2v) is 11.1. The minimum absolute atomic E-state index is 0.0165. The van der Waals surface area contributed by atoms with E-state index in [4.69, 9.17) is 4.42 Å². The Bertz CT molecular complexity index is 1990. The van der Waals surface area contributed by atoms with Gasteiger partial charge in [0.1, 0.15) is 16.9 Å². The van der Waals surface area contributed by atoms with Gasteiger partial charge in [0, 0.05) is 27.1 Å². The predicted molar refractivity (Wildman–Crippen MR) is 152 cm³/mol. The number of aromatic carboxylic acids is 1. The number of carbonyl (C=O) groups is 1. The first-order valence-corrected chi connectivity index (χ1v) is 12.5. The number of hydrogen-bond donors (Lipinski definition) is 2.